The van der Waals surface area contributed by atoms with E-state index in [0.29, 0.717) is 6.42 Å². The Morgan fingerprint density at radius 3 is 2.84 bits per heavy atom. The van der Waals surface area contributed by atoms with Crippen LogP contribution in [0.5, 0.6) is 0 Å². The van der Waals surface area contributed by atoms with E-state index in [-0.39, 0.29) is 6.10 Å². The second-order valence-corrected chi connectivity index (χ2v) is 4.84. The largest absolute Gasteiger partial charge is 0.388 e. The van der Waals surface area contributed by atoms with Crippen LogP contribution < -0.4 is 0 Å². The SMILES string of the molecule is OC(CC1OCCc2ccccc21)c1ccncc1. The van der Waals surface area contributed by atoms with Crippen LogP contribution >= 0.6 is 0 Å². The Balaban J connectivity index is 1.78. The summed E-state index contributed by atoms with van der Waals surface area (Å²) in [6.07, 6.45) is 4.41. The molecule has 0 amide bonds. The first-order valence-electron chi connectivity index (χ1n) is 6.62. The highest BCUT2D eigenvalue weighted by Gasteiger charge is 2.23. The fourth-order valence-corrected chi connectivity index (χ4v) is 2.60. The predicted molar refractivity (Wildman–Crippen MR) is 72.7 cm³/mol. The number of nitrogens with zero attached hydrogens (tertiary/aromatic N) is 1. The summed E-state index contributed by atoms with van der Waals surface area (Å²) in [7, 11) is 0. The van der Waals surface area contributed by atoms with Crippen molar-refractivity contribution in [2.45, 2.75) is 25.0 Å². The van der Waals surface area contributed by atoms with Crippen LogP contribution in [0, 0.1) is 0 Å². The van der Waals surface area contributed by atoms with Crippen LogP contribution in [-0.2, 0) is 11.2 Å². The Kier molecular flexibility index (Phi) is 3.58. The average molecular weight is 255 g/mol. The van der Waals surface area contributed by atoms with E-state index in [9.17, 15) is 5.11 Å². The van der Waals surface area contributed by atoms with Crippen molar-refractivity contribution in [1.82, 2.24) is 4.98 Å². The molecule has 3 nitrogen and oxygen atoms in total. The van der Waals surface area contributed by atoms with Gasteiger partial charge in [0.1, 0.15) is 0 Å². The molecular weight excluding hydrogens is 238 g/mol. The van der Waals surface area contributed by atoms with Gasteiger partial charge in [0.2, 0.25) is 0 Å². The van der Waals surface area contributed by atoms with Crippen LogP contribution in [0.3, 0.4) is 0 Å². The highest BCUT2D eigenvalue weighted by atomic mass is 16.5. The molecule has 1 N–H and O–H groups in total. The summed E-state index contributed by atoms with van der Waals surface area (Å²) in [6.45, 7) is 0.727. The fourth-order valence-electron chi connectivity index (χ4n) is 2.60. The minimum Gasteiger partial charge on any atom is -0.388 e. The molecule has 1 aromatic carbocycles. The highest BCUT2D eigenvalue weighted by molar-refractivity contribution is 5.31. The Morgan fingerprint density at radius 2 is 2.00 bits per heavy atom. The lowest BCUT2D eigenvalue weighted by atomic mass is 9.93. The van der Waals surface area contributed by atoms with Gasteiger partial charge < -0.3 is 9.84 Å². The average Bonchev–Trinajstić information content (AvgIpc) is 2.48. The van der Waals surface area contributed by atoms with Gasteiger partial charge in [-0.1, -0.05) is 24.3 Å². The number of pyridine rings is 1. The van der Waals surface area contributed by atoms with Crippen molar-refractivity contribution in [3.63, 3.8) is 0 Å². The molecule has 2 atom stereocenters. The normalized spacial score (nSPS) is 19.7. The van der Waals surface area contributed by atoms with Gasteiger partial charge in [-0.15, -0.1) is 0 Å². The number of aliphatic hydroxyl groups is 1. The topological polar surface area (TPSA) is 42.4 Å². The lowest BCUT2D eigenvalue weighted by Crippen LogP contribution is -2.18. The Morgan fingerprint density at radius 1 is 1.21 bits per heavy atom. The number of hydrogen-bond acceptors (Lipinski definition) is 3. The highest BCUT2D eigenvalue weighted by Crippen LogP contribution is 2.33. The van der Waals surface area contributed by atoms with Crippen molar-refractivity contribution in [3.8, 4) is 0 Å². The van der Waals surface area contributed by atoms with E-state index in [2.05, 4.69) is 23.2 Å². The first-order valence-corrected chi connectivity index (χ1v) is 6.62. The molecule has 0 aliphatic carbocycles. The van der Waals surface area contributed by atoms with E-state index in [4.69, 9.17) is 4.74 Å². The number of fused-ring (bicyclic) bond motifs is 1. The van der Waals surface area contributed by atoms with Crippen LogP contribution in [0.25, 0.3) is 0 Å². The molecule has 1 aliphatic heterocycles. The Bertz CT molecular complexity index is 541. The molecule has 2 aromatic rings. The molecular formula is C16H17NO2. The van der Waals surface area contributed by atoms with Gasteiger partial charge in [-0.05, 0) is 35.2 Å². The molecule has 0 bridgehead atoms. The second kappa shape index (κ2) is 5.51. The van der Waals surface area contributed by atoms with E-state index in [1.807, 2.05) is 18.2 Å². The van der Waals surface area contributed by atoms with Crippen molar-refractivity contribution >= 4 is 0 Å². The summed E-state index contributed by atoms with van der Waals surface area (Å²) in [5.74, 6) is 0. The summed E-state index contributed by atoms with van der Waals surface area (Å²) in [4.78, 5) is 3.97. The molecule has 3 rings (SSSR count). The van der Waals surface area contributed by atoms with Crippen LogP contribution in [0.2, 0.25) is 0 Å². The third kappa shape index (κ3) is 2.67. The molecule has 19 heavy (non-hydrogen) atoms. The van der Waals surface area contributed by atoms with Crippen molar-refractivity contribution in [2.75, 3.05) is 6.61 Å². The summed E-state index contributed by atoms with van der Waals surface area (Å²) in [5, 5.41) is 10.3. The zero-order chi connectivity index (χ0) is 13.1. The number of aromatic nitrogens is 1. The third-order valence-corrected chi connectivity index (χ3v) is 3.62. The molecule has 3 heteroatoms. The molecule has 0 saturated heterocycles. The number of benzene rings is 1. The van der Waals surface area contributed by atoms with Crippen molar-refractivity contribution in [1.29, 1.82) is 0 Å². The quantitative estimate of drug-likeness (QED) is 0.917. The number of hydrogen-bond donors (Lipinski definition) is 1. The molecule has 2 unspecified atom stereocenters. The van der Waals surface area contributed by atoms with Gasteiger partial charge in [-0.2, -0.15) is 0 Å². The fraction of sp³-hybridized carbons (Fsp3) is 0.312. The molecule has 0 saturated carbocycles. The molecule has 1 aromatic heterocycles. The molecule has 0 radical (unpaired) electrons. The van der Waals surface area contributed by atoms with Gasteiger partial charge in [-0.25, -0.2) is 0 Å². The molecule has 98 valence electrons. The molecule has 0 spiro atoms. The van der Waals surface area contributed by atoms with Gasteiger partial charge in [0, 0.05) is 18.8 Å². The van der Waals surface area contributed by atoms with Gasteiger partial charge in [0.25, 0.3) is 0 Å². The number of rotatable bonds is 3. The first kappa shape index (κ1) is 12.3. The van der Waals surface area contributed by atoms with Gasteiger partial charge in [0.15, 0.2) is 0 Å². The number of aliphatic hydroxyl groups excluding tert-OH is 1. The lowest BCUT2D eigenvalue weighted by molar-refractivity contribution is 0.00375. The monoisotopic (exact) mass is 255 g/mol. The maximum absolute atomic E-state index is 10.3. The van der Waals surface area contributed by atoms with E-state index < -0.39 is 6.10 Å². The van der Waals surface area contributed by atoms with E-state index in [1.165, 1.54) is 11.1 Å². The number of ether oxygens (including phenoxy) is 1. The van der Waals surface area contributed by atoms with Crippen LogP contribution in [0.15, 0.2) is 48.8 Å². The summed E-state index contributed by atoms with van der Waals surface area (Å²) < 4.78 is 5.82. The zero-order valence-electron chi connectivity index (χ0n) is 10.7. The minimum atomic E-state index is -0.515. The maximum atomic E-state index is 10.3. The van der Waals surface area contributed by atoms with Crippen LogP contribution in [-0.4, -0.2) is 16.7 Å². The van der Waals surface area contributed by atoms with Gasteiger partial charge in [0.05, 0.1) is 18.8 Å². The van der Waals surface area contributed by atoms with Gasteiger partial charge in [-0.3, -0.25) is 4.98 Å². The Labute approximate surface area is 112 Å². The van der Waals surface area contributed by atoms with Crippen molar-refractivity contribution < 1.29 is 9.84 Å². The van der Waals surface area contributed by atoms with Gasteiger partial charge >= 0.3 is 0 Å². The predicted octanol–water partition coefficient (Wildman–Crippen LogP) is 2.82. The van der Waals surface area contributed by atoms with Crippen LogP contribution in [0.1, 0.15) is 35.3 Å². The summed E-state index contributed by atoms with van der Waals surface area (Å²) >= 11 is 0. The zero-order valence-corrected chi connectivity index (χ0v) is 10.7. The minimum absolute atomic E-state index is 0.0203. The molecule has 1 aliphatic rings. The summed E-state index contributed by atoms with van der Waals surface area (Å²) in [6, 6.07) is 12.0. The molecule has 0 fully saturated rings. The maximum Gasteiger partial charge on any atom is 0.0855 e. The Hall–Kier alpha value is -1.71. The first-order chi connectivity index (χ1) is 9.34. The third-order valence-electron chi connectivity index (χ3n) is 3.62. The standard InChI is InChI=1S/C16H17NO2/c18-15(13-5-8-17-9-6-13)11-16-14-4-2-1-3-12(14)7-10-19-16/h1-6,8-9,15-16,18H,7,10-11H2. The van der Waals surface area contributed by atoms with Crippen molar-refractivity contribution in [3.05, 3.63) is 65.5 Å². The lowest BCUT2D eigenvalue weighted by Gasteiger charge is -2.27. The van der Waals surface area contributed by atoms with E-state index >= 15 is 0 Å². The van der Waals surface area contributed by atoms with Crippen LogP contribution in [0.4, 0.5) is 0 Å². The van der Waals surface area contributed by atoms with E-state index in [0.717, 1.165) is 18.6 Å². The smallest absolute Gasteiger partial charge is 0.0855 e. The van der Waals surface area contributed by atoms with E-state index in [1.54, 1.807) is 12.4 Å². The second-order valence-electron chi connectivity index (χ2n) is 4.84. The van der Waals surface area contributed by atoms with Crippen molar-refractivity contribution in [2.24, 2.45) is 0 Å². The molecule has 2 heterocycles. The summed E-state index contributed by atoms with van der Waals surface area (Å²) in [5.41, 5.74) is 3.43.